The number of benzene rings is 3. The summed E-state index contributed by atoms with van der Waals surface area (Å²) in [6.45, 7) is 0.265. The highest BCUT2D eigenvalue weighted by Crippen LogP contribution is 2.59. The summed E-state index contributed by atoms with van der Waals surface area (Å²) in [5, 5.41) is 10.9. The number of hydrogen-bond donors (Lipinski definition) is 1. The normalized spacial score (nSPS) is 28.5. The summed E-state index contributed by atoms with van der Waals surface area (Å²) in [4.78, 5) is 57.9. The van der Waals surface area contributed by atoms with E-state index in [1.807, 2.05) is 66.7 Å². The Morgan fingerprint density at radius 3 is 1.86 bits per heavy atom. The minimum atomic E-state index is -0.847. The van der Waals surface area contributed by atoms with Crippen molar-refractivity contribution in [2.45, 2.75) is 31.8 Å². The van der Waals surface area contributed by atoms with Crippen LogP contribution in [-0.4, -0.2) is 38.5 Å². The lowest BCUT2D eigenvalue weighted by atomic mass is 9.57. The molecule has 0 spiro atoms. The van der Waals surface area contributed by atoms with Gasteiger partial charge in [0.2, 0.25) is 23.6 Å². The quantitative estimate of drug-likeness (QED) is 0.362. The number of imide groups is 2. The van der Waals surface area contributed by atoms with Gasteiger partial charge in [-0.1, -0.05) is 84.4 Å². The van der Waals surface area contributed by atoms with Gasteiger partial charge in [-0.25, -0.2) is 4.39 Å². The molecular weight excluding hydrogens is 535 g/mol. The van der Waals surface area contributed by atoms with Gasteiger partial charge in [-0.3, -0.25) is 29.0 Å². The summed E-state index contributed by atoms with van der Waals surface area (Å²) in [7, 11) is 0. The Morgan fingerprint density at radius 2 is 1.24 bits per heavy atom. The van der Waals surface area contributed by atoms with Crippen molar-refractivity contribution in [2.24, 2.45) is 29.6 Å². The van der Waals surface area contributed by atoms with Gasteiger partial charge < -0.3 is 5.11 Å². The first-order valence-corrected chi connectivity index (χ1v) is 14.3. The molecule has 4 aliphatic rings. The zero-order chi connectivity index (χ0) is 29.1. The zero-order valence-electron chi connectivity index (χ0n) is 22.7. The van der Waals surface area contributed by atoms with Crippen molar-refractivity contribution in [2.75, 3.05) is 0 Å². The van der Waals surface area contributed by atoms with Crippen LogP contribution in [0.2, 0.25) is 0 Å². The molecule has 0 radical (unpaired) electrons. The molecule has 8 heteroatoms. The van der Waals surface area contributed by atoms with Crippen molar-refractivity contribution >= 4 is 23.6 Å². The lowest BCUT2D eigenvalue weighted by molar-refractivity contribution is -0.142. The van der Waals surface area contributed by atoms with E-state index in [-0.39, 0.29) is 48.7 Å². The van der Waals surface area contributed by atoms with Gasteiger partial charge >= 0.3 is 0 Å². The van der Waals surface area contributed by atoms with E-state index >= 15 is 0 Å². The Kier molecular flexibility index (Phi) is 6.30. The molecule has 6 atom stereocenters. The van der Waals surface area contributed by atoms with Crippen LogP contribution in [-0.2, 0) is 32.3 Å². The molecular formula is C34H29FN2O5. The molecule has 4 amide bonds. The number of amides is 4. The molecule has 0 aromatic heterocycles. The van der Waals surface area contributed by atoms with Crippen molar-refractivity contribution in [1.82, 2.24) is 9.80 Å². The third-order valence-corrected chi connectivity index (χ3v) is 9.55. The highest BCUT2D eigenvalue weighted by atomic mass is 19.1. The average molecular weight is 565 g/mol. The van der Waals surface area contributed by atoms with Gasteiger partial charge in [-0.2, -0.15) is 0 Å². The van der Waals surface area contributed by atoms with Crippen LogP contribution in [0.15, 0.2) is 90.5 Å². The first kappa shape index (κ1) is 26.3. The fraction of sp³-hybridized carbons (Fsp3) is 0.294. The molecule has 42 heavy (non-hydrogen) atoms. The van der Waals surface area contributed by atoms with Crippen molar-refractivity contribution in [3.05, 3.63) is 113 Å². The van der Waals surface area contributed by atoms with Crippen LogP contribution in [0.3, 0.4) is 0 Å². The number of phenols is 1. The number of aromatic hydroxyl groups is 1. The van der Waals surface area contributed by atoms with E-state index in [4.69, 9.17) is 0 Å². The Hall–Kier alpha value is -4.59. The van der Waals surface area contributed by atoms with Crippen LogP contribution in [0.5, 0.6) is 5.75 Å². The number of para-hydroxylation sites is 1. The molecule has 7 nitrogen and oxygen atoms in total. The monoisotopic (exact) mass is 564 g/mol. The standard InChI is InChI=1S/C34H29FN2O5/c35-26-13-7-12-22(30(26)38)27-21-14-15-23-28(33(41)36(31(23)39)17-19-8-3-1-4-9-19)24(21)16-25-29(27)34(42)37(32(25)40)18-20-10-5-2-6-11-20/h1-14,23-25,27-29,38H,15-18H2/t23-,24+,25+,27+,28-,29+/m0/s1. The highest BCUT2D eigenvalue weighted by molar-refractivity contribution is 6.08. The Morgan fingerprint density at radius 1 is 0.667 bits per heavy atom. The Labute approximate surface area is 242 Å². The second kappa shape index (κ2) is 10.0. The molecule has 212 valence electrons. The molecule has 2 saturated heterocycles. The fourth-order valence-corrected chi connectivity index (χ4v) is 7.69. The van der Waals surface area contributed by atoms with E-state index in [1.54, 1.807) is 6.07 Å². The Balaban J connectivity index is 1.29. The van der Waals surface area contributed by atoms with Crippen molar-refractivity contribution < 1.29 is 28.7 Å². The lowest BCUT2D eigenvalue weighted by Gasteiger charge is -2.44. The molecule has 3 aromatic carbocycles. The number of phenolic OH excluding ortho intramolecular Hbond substituents is 1. The number of carbonyl (C=O) groups is 4. The summed E-state index contributed by atoms with van der Waals surface area (Å²) < 4.78 is 14.7. The number of rotatable bonds is 5. The second-order valence-corrected chi connectivity index (χ2v) is 11.7. The molecule has 1 N–H and O–H groups in total. The van der Waals surface area contributed by atoms with Crippen LogP contribution < -0.4 is 0 Å². The van der Waals surface area contributed by atoms with E-state index in [0.29, 0.717) is 6.42 Å². The second-order valence-electron chi connectivity index (χ2n) is 11.7. The lowest BCUT2D eigenvalue weighted by Crippen LogP contribution is -2.43. The molecule has 7 rings (SSSR count). The third kappa shape index (κ3) is 4.00. The van der Waals surface area contributed by atoms with Crippen LogP contribution in [0.1, 0.15) is 35.4 Å². The van der Waals surface area contributed by atoms with Crippen molar-refractivity contribution in [1.29, 1.82) is 0 Å². The van der Waals surface area contributed by atoms with E-state index < -0.39 is 47.1 Å². The van der Waals surface area contributed by atoms with E-state index in [0.717, 1.165) is 22.8 Å². The molecule has 2 aliphatic carbocycles. The van der Waals surface area contributed by atoms with Gasteiger partial charge in [0.15, 0.2) is 11.6 Å². The fourth-order valence-electron chi connectivity index (χ4n) is 7.69. The summed E-state index contributed by atoms with van der Waals surface area (Å²) in [6.07, 6.45) is 2.43. The number of fused-ring (bicyclic) bond motifs is 4. The molecule has 2 aliphatic heterocycles. The number of nitrogens with zero attached hydrogens (tertiary/aromatic N) is 2. The van der Waals surface area contributed by atoms with Crippen LogP contribution in [0.25, 0.3) is 0 Å². The minimum Gasteiger partial charge on any atom is -0.505 e. The predicted molar refractivity (Wildman–Crippen MR) is 150 cm³/mol. The number of carbonyl (C=O) groups excluding carboxylic acids is 4. The maximum absolute atomic E-state index is 14.7. The number of allylic oxidation sites excluding steroid dienone is 2. The Bertz CT molecular complexity index is 1640. The number of halogens is 1. The molecule has 1 saturated carbocycles. The summed E-state index contributed by atoms with van der Waals surface area (Å²) in [6, 6.07) is 22.7. The topological polar surface area (TPSA) is 95.0 Å². The maximum Gasteiger partial charge on any atom is 0.234 e. The summed E-state index contributed by atoms with van der Waals surface area (Å²) in [5.74, 6) is -6.78. The molecule has 3 fully saturated rings. The average Bonchev–Trinajstić information content (AvgIpc) is 3.39. The van der Waals surface area contributed by atoms with E-state index in [9.17, 15) is 28.7 Å². The van der Waals surface area contributed by atoms with Crippen molar-refractivity contribution in [3.63, 3.8) is 0 Å². The molecule has 0 bridgehead atoms. The largest absolute Gasteiger partial charge is 0.505 e. The first-order valence-electron chi connectivity index (χ1n) is 14.3. The van der Waals surface area contributed by atoms with Gasteiger partial charge in [-0.05, 0) is 36.0 Å². The number of likely N-dealkylation sites (tertiary alicyclic amines) is 2. The SMILES string of the molecule is O=C1[C@H]2[C@H](CC=C3[C@H]2C[C@H]2C(=O)N(Cc4ccccc4)C(=O)[C@H]2[C@H]3c2cccc(F)c2O)C(=O)N1Cc1ccccc1. The molecule has 3 aromatic rings. The molecule has 2 heterocycles. The zero-order valence-corrected chi connectivity index (χ0v) is 22.7. The highest BCUT2D eigenvalue weighted by Gasteiger charge is 2.62. The smallest absolute Gasteiger partial charge is 0.234 e. The van der Waals surface area contributed by atoms with Crippen LogP contribution in [0.4, 0.5) is 4.39 Å². The van der Waals surface area contributed by atoms with Gasteiger partial charge in [0.25, 0.3) is 0 Å². The maximum atomic E-state index is 14.7. The third-order valence-electron chi connectivity index (χ3n) is 9.55. The van der Waals surface area contributed by atoms with Gasteiger partial charge in [0.1, 0.15) is 0 Å². The van der Waals surface area contributed by atoms with E-state index in [2.05, 4.69) is 0 Å². The van der Waals surface area contributed by atoms with Crippen LogP contribution in [0, 0.1) is 35.4 Å². The first-order chi connectivity index (χ1) is 20.3. The van der Waals surface area contributed by atoms with Gasteiger partial charge in [0, 0.05) is 11.5 Å². The summed E-state index contributed by atoms with van der Waals surface area (Å²) in [5.41, 5.74) is 2.59. The van der Waals surface area contributed by atoms with Gasteiger partial charge in [0.05, 0.1) is 36.8 Å². The van der Waals surface area contributed by atoms with Gasteiger partial charge in [-0.15, -0.1) is 0 Å². The van der Waals surface area contributed by atoms with Crippen molar-refractivity contribution in [3.8, 4) is 5.75 Å². The van der Waals surface area contributed by atoms with E-state index in [1.165, 1.54) is 15.9 Å². The summed E-state index contributed by atoms with van der Waals surface area (Å²) >= 11 is 0. The predicted octanol–water partition coefficient (Wildman–Crippen LogP) is 4.57. The molecule has 0 unspecified atom stereocenters. The van der Waals surface area contributed by atoms with Crippen LogP contribution >= 0.6 is 0 Å². The minimum absolute atomic E-state index is 0.103. The number of hydrogen-bond acceptors (Lipinski definition) is 5.